The van der Waals surface area contributed by atoms with Crippen molar-refractivity contribution >= 4 is 17.7 Å². The minimum Gasteiger partial charge on any atom is -0.342 e. The highest BCUT2D eigenvalue weighted by Gasteiger charge is 2.29. The van der Waals surface area contributed by atoms with Crippen molar-refractivity contribution in [3.8, 4) is 17.1 Å². The van der Waals surface area contributed by atoms with Crippen LogP contribution >= 0.6 is 11.8 Å². The minimum absolute atomic E-state index is 0.113. The van der Waals surface area contributed by atoms with Crippen molar-refractivity contribution in [3.05, 3.63) is 46.4 Å². The maximum absolute atomic E-state index is 13.4. The first-order valence-electron chi connectivity index (χ1n) is 12.5. The Morgan fingerprint density at radius 3 is 2.65 bits per heavy atom. The highest BCUT2D eigenvalue weighted by molar-refractivity contribution is 7.99. The molecule has 1 aromatic rings. The summed E-state index contributed by atoms with van der Waals surface area (Å²) in [6.07, 6.45) is 8.61. The number of carbonyl (C=O) groups is 1. The molecule has 1 amide bonds. The normalized spacial score (nSPS) is 20.6. The van der Waals surface area contributed by atoms with Crippen LogP contribution in [0.15, 0.2) is 40.3 Å². The fourth-order valence-electron chi connectivity index (χ4n) is 5.27. The number of thioether (sulfide) groups is 1. The van der Waals surface area contributed by atoms with Crippen LogP contribution in [0.5, 0.6) is 0 Å². The summed E-state index contributed by atoms with van der Waals surface area (Å²) < 4.78 is 3.63. The molecule has 8 heteroatoms. The van der Waals surface area contributed by atoms with Crippen LogP contribution in [-0.4, -0.2) is 49.0 Å². The minimum atomic E-state index is -0.113. The van der Waals surface area contributed by atoms with Crippen LogP contribution < -0.4 is 5.56 Å². The lowest BCUT2D eigenvalue weighted by molar-refractivity contribution is -0.129. The molecule has 34 heavy (non-hydrogen) atoms. The molecule has 0 atom stereocenters. The van der Waals surface area contributed by atoms with Gasteiger partial charge in [-0.2, -0.15) is 4.68 Å². The first-order valence-corrected chi connectivity index (χ1v) is 13.5. The van der Waals surface area contributed by atoms with Crippen LogP contribution in [0.3, 0.4) is 0 Å². The first kappa shape index (κ1) is 23.1. The van der Waals surface area contributed by atoms with E-state index < -0.39 is 0 Å². The lowest BCUT2D eigenvalue weighted by Crippen LogP contribution is -2.40. The molecular formula is C26H33N5O2S. The van der Waals surface area contributed by atoms with E-state index >= 15 is 0 Å². The molecule has 1 fully saturated rings. The SMILES string of the molecule is CC1CCC(N(C)C(=O)CSc2nc3nn(-c4ccccc4)c(=O)c-3c3n2CCCCC3)CC1. The Labute approximate surface area is 204 Å². The zero-order chi connectivity index (χ0) is 23.7. The zero-order valence-electron chi connectivity index (χ0n) is 20.1. The molecule has 180 valence electrons. The predicted molar refractivity (Wildman–Crippen MR) is 135 cm³/mol. The van der Waals surface area contributed by atoms with Crippen molar-refractivity contribution in [1.82, 2.24) is 24.2 Å². The van der Waals surface area contributed by atoms with Crippen molar-refractivity contribution < 1.29 is 4.79 Å². The Balaban J connectivity index is 1.44. The van der Waals surface area contributed by atoms with E-state index in [2.05, 4.69) is 16.6 Å². The Kier molecular flexibility index (Phi) is 6.77. The van der Waals surface area contributed by atoms with Gasteiger partial charge >= 0.3 is 0 Å². The molecule has 0 radical (unpaired) electrons. The number of benzene rings is 1. The van der Waals surface area contributed by atoms with Gasteiger partial charge in [-0.15, -0.1) is 5.10 Å². The molecule has 1 aliphatic carbocycles. The third kappa shape index (κ3) is 4.52. The van der Waals surface area contributed by atoms with Gasteiger partial charge in [0.25, 0.3) is 5.56 Å². The van der Waals surface area contributed by atoms with Gasteiger partial charge in [-0.05, 0) is 63.0 Å². The third-order valence-corrected chi connectivity index (χ3v) is 8.38. The van der Waals surface area contributed by atoms with Gasteiger partial charge in [0.2, 0.25) is 5.91 Å². The second-order valence-corrected chi connectivity index (χ2v) is 10.7. The van der Waals surface area contributed by atoms with Gasteiger partial charge in [0.05, 0.1) is 11.4 Å². The summed E-state index contributed by atoms with van der Waals surface area (Å²) in [4.78, 5) is 33.2. The first-order chi connectivity index (χ1) is 16.5. The number of carbonyl (C=O) groups excluding carboxylic acids is 1. The molecule has 1 saturated carbocycles. The number of para-hydroxylation sites is 1. The van der Waals surface area contributed by atoms with E-state index in [1.165, 1.54) is 29.3 Å². The van der Waals surface area contributed by atoms with E-state index in [4.69, 9.17) is 4.98 Å². The maximum Gasteiger partial charge on any atom is 0.284 e. The lowest BCUT2D eigenvalue weighted by Gasteiger charge is -2.33. The van der Waals surface area contributed by atoms with E-state index in [9.17, 15) is 9.59 Å². The van der Waals surface area contributed by atoms with Gasteiger partial charge in [0.15, 0.2) is 11.0 Å². The Bertz CT molecular complexity index is 1180. The smallest absolute Gasteiger partial charge is 0.284 e. The van der Waals surface area contributed by atoms with Gasteiger partial charge < -0.3 is 9.47 Å². The van der Waals surface area contributed by atoms with Crippen LogP contribution in [0.4, 0.5) is 0 Å². The van der Waals surface area contributed by atoms with Crippen molar-refractivity contribution in [2.75, 3.05) is 12.8 Å². The third-order valence-electron chi connectivity index (χ3n) is 7.42. The zero-order valence-corrected chi connectivity index (χ0v) is 20.9. The molecule has 0 bridgehead atoms. The topological polar surface area (TPSA) is 73.0 Å². The number of amides is 1. The van der Waals surface area contributed by atoms with E-state index in [0.29, 0.717) is 23.2 Å². The van der Waals surface area contributed by atoms with Gasteiger partial charge in [-0.3, -0.25) is 9.59 Å². The van der Waals surface area contributed by atoms with Crippen molar-refractivity contribution in [1.29, 1.82) is 0 Å². The average Bonchev–Trinajstić information content (AvgIpc) is 3.02. The number of hydrogen-bond donors (Lipinski definition) is 0. The quantitative estimate of drug-likeness (QED) is 0.401. The second kappa shape index (κ2) is 9.94. The summed E-state index contributed by atoms with van der Waals surface area (Å²) in [6.45, 7) is 3.12. The Morgan fingerprint density at radius 1 is 1.12 bits per heavy atom. The van der Waals surface area contributed by atoms with E-state index in [-0.39, 0.29) is 11.5 Å². The monoisotopic (exact) mass is 479 g/mol. The molecular weight excluding hydrogens is 446 g/mol. The molecule has 1 aromatic carbocycles. The van der Waals surface area contributed by atoms with Crippen LogP contribution in [-0.2, 0) is 17.8 Å². The molecule has 0 N–H and O–H groups in total. The van der Waals surface area contributed by atoms with Gasteiger partial charge in [-0.1, -0.05) is 43.3 Å². The number of aromatic nitrogens is 4. The lowest BCUT2D eigenvalue weighted by atomic mass is 9.87. The summed E-state index contributed by atoms with van der Waals surface area (Å²) in [7, 11) is 1.94. The molecule has 0 spiro atoms. The molecule has 0 unspecified atom stereocenters. The van der Waals surface area contributed by atoms with E-state index in [1.807, 2.05) is 42.3 Å². The Morgan fingerprint density at radius 2 is 1.88 bits per heavy atom. The maximum atomic E-state index is 13.4. The number of hydrogen-bond acceptors (Lipinski definition) is 5. The molecule has 4 aliphatic rings. The van der Waals surface area contributed by atoms with Crippen LogP contribution in [0.1, 0.15) is 57.6 Å². The number of rotatable bonds is 5. The van der Waals surface area contributed by atoms with Crippen molar-refractivity contribution in [3.63, 3.8) is 0 Å². The fraction of sp³-hybridized carbons (Fsp3) is 0.538. The largest absolute Gasteiger partial charge is 0.342 e. The summed E-state index contributed by atoms with van der Waals surface area (Å²) >= 11 is 1.48. The predicted octanol–water partition coefficient (Wildman–Crippen LogP) is 4.39. The fourth-order valence-corrected chi connectivity index (χ4v) is 6.23. The summed E-state index contributed by atoms with van der Waals surface area (Å²) in [5.41, 5.74) is 2.26. The molecule has 0 aromatic heterocycles. The van der Waals surface area contributed by atoms with Crippen molar-refractivity contribution in [2.45, 2.75) is 76.0 Å². The summed E-state index contributed by atoms with van der Waals surface area (Å²) in [5.74, 6) is 1.74. The Hall–Kier alpha value is -2.61. The van der Waals surface area contributed by atoms with Crippen LogP contribution in [0, 0.1) is 5.92 Å². The number of nitrogens with zero attached hydrogens (tertiary/aromatic N) is 5. The average molecular weight is 480 g/mol. The second-order valence-electron chi connectivity index (χ2n) is 9.76. The van der Waals surface area contributed by atoms with Gasteiger partial charge in [0.1, 0.15) is 5.56 Å². The van der Waals surface area contributed by atoms with E-state index in [1.54, 1.807) is 0 Å². The van der Waals surface area contributed by atoms with Crippen molar-refractivity contribution in [2.24, 2.45) is 5.92 Å². The summed E-state index contributed by atoms with van der Waals surface area (Å²) in [5, 5.41) is 5.39. The molecule has 3 heterocycles. The molecule has 5 rings (SSSR count). The molecule has 3 aliphatic heterocycles. The van der Waals surface area contributed by atoms with Gasteiger partial charge in [0, 0.05) is 25.3 Å². The van der Waals surface area contributed by atoms with Gasteiger partial charge in [-0.25, -0.2) is 4.98 Å². The molecule has 0 saturated heterocycles. The summed E-state index contributed by atoms with van der Waals surface area (Å²) in [6, 6.07) is 9.84. The highest BCUT2D eigenvalue weighted by Crippen LogP contribution is 2.31. The molecule has 7 nitrogen and oxygen atoms in total. The van der Waals surface area contributed by atoms with Crippen LogP contribution in [0.2, 0.25) is 0 Å². The van der Waals surface area contributed by atoms with E-state index in [0.717, 1.165) is 67.5 Å². The standard InChI is InChI=1S/C26H33N5O2S/c1-18-12-14-19(15-13-18)29(2)22(32)17-34-26-27-24-23(21-11-7-4-8-16-30(21)26)25(33)31(28-24)20-9-5-3-6-10-20/h3,5-6,9-10,18-19H,4,7-8,11-17H2,1-2H3. The number of fused-ring (bicyclic) bond motifs is 3. The highest BCUT2D eigenvalue weighted by atomic mass is 32.2. The van der Waals surface area contributed by atoms with Crippen LogP contribution in [0.25, 0.3) is 17.1 Å².